The molecule has 0 unspecified atom stereocenters. The highest BCUT2D eigenvalue weighted by Crippen LogP contribution is 2.35. The van der Waals surface area contributed by atoms with Crippen LogP contribution in [-0.4, -0.2) is 63.4 Å². The fraction of sp³-hybridized carbons (Fsp3) is 0.652. The van der Waals surface area contributed by atoms with E-state index in [0.29, 0.717) is 6.04 Å². The maximum absolute atomic E-state index is 13.0. The van der Waals surface area contributed by atoms with Crippen molar-refractivity contribution in [3.63, 3.8) is 0 Å². The number of carbonyl (C=O) groups is 3. The molecule has 2 fully saturated rings. The molecule has 0 saturated heterocycles. The molecule has 2 aliphatic carbocycles. The molecule has 2 heterocycles. The first-order chi connectivity index (χ1) is 15.8. The number of urea groups is 1. The van der Waals surface area contributed by atoms with E-state index < -0.39 is 5.97 Å². The Balaban J connectivity index is 1.32. The van der Waals surface area contributed by atoms with Gasteiger partial charge in [-0.25, -0.2) is 4.79 Å². The lowest BCUT2D eigenvalue weighted by atomic mass is 9.91. The van der Waals surface area contributed by atoms with E-state index in [2.05, 4.69) is 15.3 Å². The highest BCUT2D eigenvalue weighted by Gasteiger charge is 2.27. The molecule has 180 valence electrons. The molecule has 0 spiro atoms. The Kier molecular flexibility index (Phi) is 7.21. The van der Waals surface area contributed by atoms with Crippen molar-refractivity contribution in [2.45, 2.75) is 82.8 Å². The number of carboxylic acids is 1. The van der Waals surface area contributed by atoms with Gasteiger partial charge in [0, 0.05) is 24.5 Å². The smallest absolute Gasteiger partial charge is 0.323 e. The molecule has 3 N–H and O–H groups in total. The maximum Gasteiger partial charge on any atom is 0.323 e. The second kappa shape index (κ2) is 10.1. The average molecular weight is 476 g/mol. The fourth-order valence-electron chi connectivity index (χ4n) is 4.95. The van der Waals surface area contributed by atoms with Gasteiger partial charge in [-0.3, -0.25) is 14.3 Å². The van der Waals surface area contributed by atoms with E-state index in [-0.39, 0.29) is 30.6 Å². The van der Waals surface area contributed by atoms with Crippen molar-refractivity contribution in [1.29, 1.82) is 0 Å². The summed E-state index contributed by atoms with van der Waals surface area (Å²) in [5.74, 6) is -1.08. The second-order valence-electron chi connectivity index (χ2n) is 9.37. The summed E-state index contributed by atoms with van der Waals surface area (Å²) < 4.78 is 2.15. The first kappa shape index (κ1) is 23.5. The van der Waals surface area contributed by atoms with E-state index in [1.54, 1.807) is 0 Å². The largest absolute Gasteiger partial charge is 0.480 e. The standard InChI is InChI=1S/C23H33N5O4S/c1-14-18-12-19(33-22(18)28(26-14)17-6-4-3-5-7-17)21(31)24-15-8-10-16(11-9-15)25-23(32)27(2)13-20(29)30/h12,15-17H,3-11,13H2,1-2H3,(H,24,31)(H,25,32)(H,29,30)/t15-,16-. The van der Waals surface area contributed by atoms with Crippen molar-refractivity contribution in [2.24, 2.45) is 0 Å². The Morgan fingerprint density at radius 2 is 1.73 bits per heavy atom. The lowest BCUT2D eigenvalue weighted by molar-refractivity contribution is -0.137. The molecular weight excluding hydrogens is 442 g/mol. The Morgan fingerprint density at radius 3 is 2.36 bits per heavy atom. The number of rotatable bonds is 6. The number of likely N-dealkylation sites (N-methyl/N-ethyl adjacent to an activating group) is 1. The van der Waals surface area contributed by atoms with Crippen molar-refractivity contribution in [2.75, 3.05) is 13.6 Å². The van der Waals surface area contributed by atoms with Gasteiger partial charge in [0.05, 0.1) is 16.6 Å². The van der Waals surface area contributed by atoms with Gasteiger partial charge in [0.15, 0.2) is 0 Å². The Morgan fingerprint density at radius 1 is 1.09 bits per heavy atom. The topological polar surface area (TPSA) is 117 Å². The van der Waals surface area contributed by atoms with Crippen LogP contribution in [0.1, 0.15) is 79.2 Å². The zero-order valence-electron chi connectivity index (χ0n) is 19.3. The zero-order valence-corrected chi connectivity index (χ0v) is 20.1. The summed E-state index contributed by atoms with van der Waals surface area (Å²) in [7, 11) is 1.47. The highest BCUT2D eigenvalue weighted by atomic mass is 32.1. The lowest BCUT2D eigenvalue weighted by Gasteiger charge is -2.30. The van der Waals surface area contributed by atoms with E-state index >= 15 is 0 Å². The predicted molar refractivity (Wildman–Crippen MR) is 127 cm³/mol. The van der Waals surface area contributed by atoms with Gasteiger partial charge >= 0.3 is 12.0 Å². The van der Waals surface area contributed by atoms with E-state index in [4.69, 9.17) is 10.2 Å². The zero-order chi connectivity index (χ0) is 23.5. The fourth-order valence-corrected chi connectivity index (χ4v) is 6.09. The SMILES string of the molecule is Cc1nn(C2CCCCC2)c2sc(C(=O)N[C@H]3CC[C@H](NC(=O)N(C)CC(=O)O)CC3)cc12. The number of thiophene rings is 1. The van der Waals surface area contributed by atoms with Crippen LogP contribution in [0.15, 0.2) is 6.07 Å². The quantitative estimate of drug-likeness (QED) is 0.589. The highest BCUT2D eigenvalue weighted by molar-refractivity contribution is 7.20. The van der Waals surface area contributed by atoms with Crippen molar-refractivity contribution in [1.82, 2.24) is 25.3 Å². The number of hydrogen-bond donors (Lipinski definition) is 3. The van der Waals surface area contributed by atoms with Crippen LogP contribution in [0.25, 0.3) is 10.2 Å². The Bertz CT molecular complexity index is 1020. The van der Waals surface area contributed by atoms with Crippen molar-refractivity contribution in [3.05, 3.63) is 16.6 Å². The van der Waals surface area contributed by atoms with Gasteiger partial charge in [-0.15, -0.1) is 11.3 Å². The summed E-state index contributed by atoms with van der Waals surface area (Å²) >= 11 is 1.53. The summed E-state index contributed by atoms with van der Waals surface area (Å²) in [6.45, 7) is 1.68. The molecule has 0 aliphatic heterocycles. The third-order valence-corrected chi connectivity index (χ3v) is 7.95. The summed E-state index contributed by atoms with van der Waals surface area (Å²) in [6.07, 6.45) is 9.13. The number of hydrogen-bond acceptors (Lipinski definition) is 5. The minimum Gasteiger partial charge on any atom is -0.480 e. The summed E-state index contributed by atoms with van der Waals surface area (Å²) in [5, 5.41) is 20.7. The molecule has 0 aromatic carbocycles. The van der Waals surface area contributed by atoms with E-state index in [9.17, 15) is 14.4 Å². The first-order valence-corrected chi connectivity index (χ1v) is 12.7. The van der Waals surface area contributed by atoms with Gasteiger partial charge in [0.1, 0.15) is 11.4 Å². The summed E-state index contributed by atoms with van der Waals surface area (Å²) in [5.41, 5.74) is 0.981. The molecule has 0 bridgehead atoms. The van der Waals surface area contributed by atoms with Crippen LogP contribution in [-0.2, 0) is 4.79 Å². The van der Waals surface area contributed by atoms with Gasteiger partial charge in [-0.2, -0.15) is 5.10 Å². The minimum atomic E-state index is -1.04. The van der Waals surface area contributed by atoms with Crippen LogP contribution >= 0.6 is 11.3 Å². The molecule has 0 atom stereocenters. The lowest BCUT2D eigenvalue weighted by Crippen LogP contribution is -2.48. The monoisotopic (exact) mass is 475 g/mol. The minimum absolute atomic E-state index is 0.00431. The molecule has 2 aliphatic rings. The predicted octanol–water partition coefficient (Wildman–Crippen LogP) is 3.68. The Hall–Kier alpha value is -2.62. The molecule has 9 nitrogen and oxygen atoms in total. The maximum atomic E-state index is 13.0. The van der Waals surface area contributed by atoms with Crippen molar-refractivity contribution >= 4 is 39.5 Å². The molecule has 4 rings (SSSR count). The van der Waals surface area contributed by atoms with Crippen molar-refractivity contribution in [3.8, 4) is 0 Å². The number of fused-ring (bicyclic) bond motifs is 1. The molecule has 3 amide bonds. The molecule has 10 heteroatoms. The third kappa shape index (κ3) is 5.48. The van der Waals surface area contributed by atoms with E-state index in [1.165, 1.54) is 37.6 Å². The van der Waals surface area contributed by atoms with Crippen LogP contribution in [0, 0.1) is 6.92 Å². The number of carboxylic acid groups (broad SMARTS) is 1. The van der Waals surface area contributed by atoms with Crippen molar-refractivity contribution < 1.29 is 19.5 Å². The van der Waals surface area contributed by atoms with Gasteiger partial charge in [0.25, 0.3) is 5.91 Å². The number of nitrogens with zero attached hydrogens (tertiary/aromatic N) is 3. The van der Waals surface area contributed by atoms with E-state index in [1.807, 2.05) is 13.0 Å². The number of amides is 3. The molecule has 2 aromatic rings. The van der Waals surface area contributed by atoms with Gasteiger partial charge in [-0.05, 0) is 51.5 Å². The normalized spacial score (nSPS) is 21.6. The number of aliphatic carboxylic acids is 1. The first-order valence-electron chi connectivity index (χ1n) is 11.8. The van der Waals surface area contributed by atoms with Crippen LogP contribution in [0.3, 0.4) is 0 Å². The van der Waals surface area contributed by atoms with Crippen LogP contribution < -0.4 is 10.6 Å². The van der Waals surface area contributed by atoms with Crippen LogP contribution in [0.4, 0.5) is 4.79 Å². The summed E-state index contributed by atoms with van der Waals surface area (Å²) in [6, 6.07) is 2.10. The molecule has 2 aromatic heterocycles. The van der Waals surface area contributed by atoms with Gasteiger partial charge in [0.2, 0.25) is 0 Å². The van der Waals surface area contributed by atoms with Gasteiger partial charge in [-0.1, -0.05) is 19.3 Å². The number of aromatic nitrogens is 2. The van der Waals surface area contributed by atoms with Gasteiger partial charge < -0.3 is 20.6 Å². The number of nitrogens with one attached hydrogen (secondary N) is 2. The van der Waals surface area contributed by atoms with Crippen LogP contribution in [0.5, 0.6) is 0 Å². The second-order valence-corrected chi connectivity index (χ2v) is 10.4. The number of carbonyl (C=O) groups excluding carboxylic acids is 2. The summed E-state index contributed by atoms with van der Waals surface area (Å²) in [4.78, 5) is 38.8. The Labute approximate surface area is 197 Å². The molecule has 0 radical (unpaired) electrons. The molecule has 2 saturated carbocycles. The number of aryl methyl sites for hydroxylation is 1. The van der Waals surface area contributed by atoms with E-state index in [0.717, 1.165) is 64.2 Å². The average Bonchev–Trinajstić information content (AvgIpc) is 3.36. The molecular formula is C23H33N5O4S. The molecule has 33 heavy (non-hydrogen) atoms. The third-order valence-electron chi connectivity index (χ3n) is 6.82. The van der Waals surface area contributed by atoms with Crippen LogP contribution in [0.2, 0.25) is 0 Å².